The van der Waals surface area contributed by atoms with E-state index in [1.807, 2.05) is 12.3 Å². The Kier molecular flexibility index (Phi) is 2.00. The van der Waals surface area contributed by atoms with Crippen LogP contribution in [0.25, 0.3) is 10.1 Å². The number of hydrogen-bond donors (Lipinski definition) is 1. The summed E-state index contributed by atoms with van der Waals surface area (Å²) < 4.78 is 1.24. The van der Waals surface area contributed by atoms with E-state index in [4.69, 9.17) is 0 Å². The average molecular weight is 192 g/mol. The first kappa shape index (κ1) is 8.57. The third-order valence-corrected chi connectivity index (χ3v) is 3.42. The number of hydrogen-bond acceptors (Lipinski definition) is 2. The summed E-state index contributed by atoms with van der Waals surface area (Å²) in [5.41, 5.74) is 2.48. The minimum absolute atomic E-state index is 0.424. The number of aromatic hydroxyl groups is 1. The lowest BCUT2D eigenvalue weighted by Gasteiger charge is -2.01. The largest absolute Gasteiger partial charge is 0.506 e. The van der Waals surface area contributed by atoms with Gasteiger partial charge in [0.15, 0.2) is 0 Å². The Morgan fingerprint density at radius 3 is 2.85 bits per heavy atom. The Bertz CT molecular complexity index is 443. The van der Waals surface area contributed by atoms with Crippen molar-refractivity contribution in [2.75, 3.05) is 0 Å². The molecule has 0 unspecified atom stereocenters. The molecule has 2 rings (SSSR count). The van der Waals surface area contributed by atoms with Crippen LogP contribution in [0.3, 0.4) is 0 Å². The minimum Gasteiger partial charge on any atom is -0.506 e. The monoisotopic (exact) mass is 192 g/mol. The first-order valence-corrected chi connectivity index (χ1v) is 5.30. The molecule has 0 aliphatic carbocycles. The Morgan fingerprint density at radius 1 is 1.38 bits per heavy atom. The Labute approximate surface area is 81.6 Å². The summed E-state index contributed by atoms with van der Waals surface area (Å²) in [5, 5.41) is 12.5. The maximum absolute atomic E-state index is 9.62. The van der Waals surface area contributed by atoms with Crippen LogP contribution in [0.4, 0.5) is 0 Å². The molecule has 0 aliphatic heterocycles. The van der Waals surface area contributed by atoms with Gasteiger partial charge < -0.3 is 5.11 Å². The van der Waals surface area contributed by atoms with Gasteiger partial charge in [-0.15, -0.1) is 11.3 Å². The molecule has 68 valence electrons. The summed E-state index contributed by atoms with van der Waals surface area (Å²) in [7, 11) is 0. The van der Waals surface area contributed by atoms with Crippen molar-refractivity contribution >= 4 is 21.4 Å². The van der Waals surface area contributed by atoms with Crippen molar-refractivity contribution in [1.29, 1.82) is 0 Å². The van der Waals surface area contributed by atoms with Gasteiger partial charge in [-0.2, -0.15) is 0 Å². The molecule has 1 nitrogen and oxygen atoms in total. The van der Waals surface area contributed by atoms with Gasteiger partial charge in [-0.3, -0.25) is 0 Å². The molecule has 0 amide bonds. The van der Waals surface area contributed by atoms with Crippen molar-refractivity contribution in [3.05, 3.63) is 28.6 Å². The standard InChI is InChI=1S/C11H12OS/c1-3-8-5-4-7(2)10-9(12)6-13-11(8)10/h4-6,12H,3H2,1-2H3. The maximum atomic E-state index is 9.62. The molecule has 0 saturated carbocycles. The number of rotatable bonds is 1. The van der Waals surface area contributed by atoms with Crippen LogP contribution in [0.5, 0.6) is 5.75 Å². The fraction of sp³-hybridized carbons (Fsp3) is 0.273. The highest BCUT2D eigenvalue weighted by Gasteiger charge is 2.08. The van der Waals surface area contributed by atoms with Crippen LogP contribution in [-0.2, 0) is 6.42 Å². The zero-order chi connectivity index (χ0) is 9.42. The van der Waals surface area contributed by atoms with E-state index in [1.54, 1.807) is 11.3 Å². The molecule has 0 atom stereocenters. The van der Waals surface area contributed by atoms with E-state index < -0.39 is 0 Å². The molecular weight excluding hydrogens is 180 g/mol. The van der Waals surface area contributed by atoms with Crippen molar-refractivity contribution < 1.29 is 5.11 Å². The van der Waals surface area contributed by atoms with Gasteiger partial charge in [-0.05, 0) is 24.5 Å². The van der Waals surface area contributed by atoms with Crippen molar-refractivity contribution in [2.24, 2.45) is 0 Å². The van der Waals surface area contributed by atoms with Gasteiger partial charge in [-0.25, -0.2) is 0 Å². The van der Waals surface area contributed by atoms with Gasteiger partial charge in [0.2, 0.25) is 0 Å². The quantitative estimate of drug-likeness (QED) is 0.733. The number of benzene rings is 1. The Hall–Kier alpha value is -1.02. The lowest BCUT2D eigenvalue weighted by atomic mass is 10.1. The van der Waals surface area contributed by atoms with Gasteiger partial charge in [-0.1, -0.05) is 19.1 Å². The summed E-state index contributed by atoms with van der Waals surface area (Å²) in [6, 6.07) is 4.22. The summed E-state index contributed by atoms with van der Waals surface area (Å²) >= 11 is 1.63. The van der Waals surface area contributed by atoms with Crippen LogP contribution >= 0.6 is 11.3 Å². The van der Waals surface area contributed by atoms with Gasteiger partial charge in [0.25, 0.3) is 0 Å². The van der Waals surface area contributed by atoms with Crippen molar-refractivity contribution in [3.63, 3.8) is 0 Å². The van der Waals surface area contributed by atoms with Crippen LogP contribution in [0.1, 0.15) is 18.1 Å². The van der Waals surface area contributed by atoms with E-state index in [0.717, 1.165) is 17.4 Å². The van der Waals surface area contributed by atoms with E-state index in [-0.39, 0.29) is 0 Å². The molecule has 0 bridgehead atoms. The topological polar surface area (TPSA) is 20.2 Å². The molecule has 0 spiro atoms. The predicted octanol–water partition coefficient (Wildman–Crippen LogP) is 3.48. The summed E-state index contributed by atoms with van der Waals surface area (Å²) in [5.74, 6) is 0.424. The minimum atomic E-state index is 0.424. The summed E-state index contributed by atoms with van der Waals surface area (Å²) in [6.45, 7) is 4.18. The van der Waals surface area contributed by atoms with E-state index in [0.29, 0.717) is 5.75 Å². The molecule has 2 aromatic rings. The van der Waals surface area contributed by atoms with Gasteiger partial charge in [0.1, 0.15) is 5.75 Å². The average Bonchev–Trinajstić information content (AvgIpc) is 2.50. The number of thiophene rings is 1. The molecule has 0 aliphatic rings. The van der Waals surface area contributed by atoms with Crippen LogP contribution in [0.2, 0.25) is 0 Å². The molecule has 1 aromatic heterocycles. The van der Waals surface area contributed by atoms with Crippen molar-refractivity contribution in [3.8, 4) is 5.75 Å². The molecular formula is C11H12OS. The molecule has 2 heteroatoms. The highest BCUT2D eigenvalue weighted by molar-refractivity contribution is 7.17. The Balaban J connectivity index is 2.87. The zero-order valence-electron chi connectivity index (χ0n) is 7.79. The van der Waals surface area contributed by atoms with E-state index in [2.05, 4.69) is 19.1 Å². The number of aryl methyl sites for hydroxylation is 2. The second-order valence-corrected chi connectivity index (χ2v) is 4.10. The summed E-state index contributed by atoms with van der Waals surface area (Å²) in [4.78, 5) is 0. The second kappa shape index (κ2) is 3.04. The lowest BCUT2D eigenvalue weighted by molar-refractivity contribution is 0.483. The van der Waals surface area contributed by atoms with E-state index in [9.17, 15) is 5.11 Å². The molecule has 13 heavy (non-hydrogen) atoms. The third kappa shape index (κ3) is 1.22. The van der Waals surface area contributed by atoms with Crippen LogP contribution in [0.15, 0.2) is 17.5 Å². The molecule has 1 heterocycles. The smallest absolute Gasteiger partial charge is 0.134 e. The predicted molar refractivity (Wildman–Crippen MR) is 57.6 cm³/mol. The fourth-order valence-corrected chi connectivity index (χ4v) is 2.72. The zero-order valence-corrected chi connectivity index (χ0v) is 8.61. The van der Waals surface area contributed by atoms with Crippen LogP contribution in [0, 0.1) is 6.92 Å². The molecule has 0 fully saturated rings. The SMILES string of the molecule is CCc1ccc(C)c2c(O)csc12. The van der Waals surface area contributed by atoms with Crippen molar-refractivity contribution in [1.82, 2.24) is 0 Å². The highest BCUT2D eigenvalue weighted by Crippen LogP contribution is 2.36. The second-order valence-electron chi connectivity index (χ2n) is 3.22. The lowest BCUT2D eigenvalue weighted by Crippen LogP contribution is -1.81. The summed E-state index contributed by atoms with van der Waals surface area (Å²) in [6.07, 6.45) is 1.02. The van der Waals surface area contributed by atoms with Gasteiger partial charge in [0.05, 0.1) is 0 Å². The first-order chi connectivity index (χ1) is 6.24. The maximum Gasteiger partial charge on any atom is 0.134 e. The van der Waals surface area contributed by atoms with Crippen molar-refractivity contribution in [2.45, 2.75) is 20.3 Å². The molecule has 0 radical (unpaired) electrons. The van der Waals surface area contributed by atoms with E-state index in [1.165, 1.54) is 10.3 Å². The van der Waals surface area contributed by atoms with Crippen LogP contribution in [-0.4, -0.2) is 5.11 Å². The Morgan fingerprint density at radius 2 is 2.15 bits per heavy atom. The highest BCUT2D eigenvalue weighted by atomic mass is 32.1. The normalized spacial score (nSPS) is 10.9. The van der Waals surface area contributed by atoms with Gasteiger partial charge in [0, 0.05) is 15.5 Å². The molecule has 0 saturated heterocycles. The van der Waals surface area contributed by atoms with Gasteiger partial charge >= 0.3 is 0 Å². The molecule has 1 N–H and O–H groups in total. The first-order valence-electron chi connectivity index (χ1n) is 4.42. The third-order valence-electron chi connectivity index (χ3n) is 2.37. The fourth-order valence-electron chi connectivity index (χ4n) is 1.63. The molecule has 1 aromatic carbocycles. The number of fused-ring (bicyclic) bond motifs is 1. The van der Waals surface area contributed by atoms with Crippen LogP contribution < -0.4 is 0 Å². The van der Waals surface area contributed by atoms with E-state index >= 15 is 0 Å².